The number of aliphatic carboxylic acids is 1. The minimum atomic E-state index is -4.40. The van der Waals surface area contributed by atoms with E-state index in [1.165, 1.54) is 6.07 Å². The zero-order valence-corrected chi connectivity index (χ0v) is 18.5. The monoisotopic (exact) mass is 457 g/mol. The van der Waals surface area contributed by atoms with E-state index in [9.17, 15) is 23.1 Å². The number of hydrogen-bond donors (Lipinski definition) is 2. The van der Waals surface area contributed by atoms with E-state index in [-0.39, 0.29) is 11.8 Å². The second-order valence-electron chi connectivity index (χ2n) is 8.77. The number of nitrogens with one attached hydrogen (secondary N) is 1. The molecule has 0 unspecified atom stereocenters. The Kier molecular flexibility index (Phi) is 6.28. The van der Waals surface area contributed by atoms with Crippen LogP contribution in [0.4, 0.5) is 19.0 Å². The minimum Gasteiger partial charge on any atom is -0.481 e. The molecule has 1 aliphatic rings. The van der Waals surface area contributed by atoms with Crippen LogP contribution in [0.15, 0.2) is 42.5 Å². The van der Waals surface area contributed by atoms with Gasteiger partial charge in [0.15, 0.2) is 0 Å². The Morgan fingerprint density at radius 1 is 1.09 bits per heavy atom. The van der Waals surface area contributed by atoms with Crippen LogP contribution < -0.4 is 5.32 Å². The van der Waals surface area contributed by atoms with Crippen LogP contribution in [0.1, 0.15) is 67.1 Å². The maximum absolute atomic E-state index is 13.1. The van der Waals surface area contributed by atoms with Crippen LogP contribution in [0.25, 0.3) is 10.9 Å². The SMILES string of the molecule is Cc1nc(N[C@H](C)c2cccc(C(F)(F)F)c2)c2cc([C@H]3CC[C@H](C(=O)O)CC3)ccc2n1. The maximum atomic E-state index is 13.1. The fourth-order valence-corrected chi connectivity index (χ4v) is 4.57. The Bertz CT molecular complexity index is 1170. The van der Waals surface area contributed by atoms with Crippen molar-refractivity contribution in [3.8, 4) is 0 Å². The lowest BCUT2D eigenvalue weighted by atomic mass is 9.78. The van der Waals surface area contributed by atoms with Crippen molar-refractivity contribution in [2.45, 2.75) is 57.7 Å². The van der Waals surface area contributed by atoms with Crippen molar-refractivity contribution in [1.82, 2.24) is 9.97 Å². The van der Waals surface area contributed by atoms with Crippen molar-refractivity contribution in [3.05, 3.63) is 65.0 Å². The summed E-state index contributed by atoms with van der Waals surface area (Å²) in [6.07, 6.45) is -1.49. The lowest BCUT2D eigenvalue weighted by molar-refractivity contribution is -0.143. The van der Waals surface area contributed by atoms with Gasteiger partial charge >= 0.3 is 12.1 Å². The first-order chi connectivity index (χ1) is 15.6. The summed E-state index contributed by atoms with van der Waals surface area (Å²) < 4.78 is 39.4. The Labute approximate surface area is 190 Å². The Hall–Kier alpha value is -3.16. The third-order valence-electron chi connectivity index (χ3n) is 6.45. The van der Waals surface area contributed by atoms with Crippen molar-refractivity contribution in [1.29, 1.82) is 0 Å². The van der Waals surface area contributed by atoms with Crippen LogP contribution in [0.3, 0.4) is 0 Å². The second kappa shape index (κ2) is 9.00. The van der Waals surface area contributed by atoms with Gasteiger partial charge in [0.05, 0.1) is 17.0 Å². The molecule has 0 aliphatic heterocycles. The highest BCUT2D eigenvalue weighted by molar-refractivity contribution is 5.90. The molecule has 3 aromatic rings. The maximum Gasteiger partial charge on any atom is 0.416 e. The number of hydrogen-bond acceptors (Lipinski definition) is 4. The van der Waals surface area contributed by atoms with Crippen LogP contribution >= 0.6 is 0 Å². The summed E-state index contributed by atoms with van der Waals surface area (Å²) in [7, 11) is 0. The summed E-state index contributed by atoms with van der Waals surface area (Å²) in [6, 6.07) is 10.9. The molecule has 0 bridgehead atoms. The van der Waals surface area contributed by atoms with E-state index < -0.39 is 23.8 Å². The molecule has 4 rings (SSSR count). The third-order valence-corrected chi connectivity index (χ3v) is 6.45. The lowest BCUT2D eigenvalue weighted by Gasteiger charge is -2.26. The summed E-state index contributed by atoms with van der Waals surface area (Å²) >= 11 is 0. The first-order valence-electron chi connectivity index (χ1n) is 11.1. The van der Waals surface area contributed by atoms with Crippen molar-refractivity contribution in [3.63, 3.8) is 0 Å². The van der Waals surface area contributed by atoms with Gasteiger partial charge in [0, 0.05) is 11.4 Å². The highest BCUT2D eigenvalue weighted by atomic mass is 19.4. The van der Waals surface area contributed by atoms with E-state index in [2.05, 4.69) is 15.3 Å². The topological polar surface area (TPSA) is 75.1 Å². The van der Waals surface area contributed by atoms with E-state index in [0.29, 0.717) is 30.0 Å². The number of carbonyl (C=O) groups is 1. The number of halogens is 3. The molecule has 174 valence electrons. The molecule has 0 amide bonds. The molecule has 2 aromatic carbocycles. The molecule has 2 N–H and O–H groups in total. The van der Waals surface area contributed by atoms with Gasteiger partial charge < -0.3 is 10.4 Å². The van der Waals surface area contributed by atoms with E-state index >= 15 is 0 Å². The highest BCUT2D eigenvalue weighted by Crippen LogP contribution is 2.38. The first kappa shape index (κ1) is 23.0. The van der Waals surface area contributed by atoms with Gasteiger partial charge in [0.1, 0.15) is 11.6 Å². The highest BCUT2D eigenvalue weighted by Gasteiger charge is 2.31. The molecular formula is C25H26F3N3O2. The number of carboxylic acids is 1. The molecule has 1 fully saturated rings. The zero-order chi connectivity index (χ0) is 23.8. The molecule has 0 saturated heterocycles. The average Bonchev–Trinajstić information content (AvgIpc) is 2.78. The lowest BCUT2D eigenvalue weighted by Crippen LogP contribution is -2.20. The van der Waals surface area contributed by atoms with Crippen LogP contribution in [-0.2, 0) is 11.0 Å². The summed E-state index contributed by atoms with van der Waals surface area (Å²) in [4.78, 5) is 20.3. The molecule has 1 saturated carbocycles. The van der Waals surface area contributed by atoms with Crippen LogP contribution in [0.5, 0.6) is 0 Å². The molecule has 0 radical (unpaired) electrons. The van der Waals surface area contributed by atoms with Crippen molar-refractivity contribution >= 4 is 22.7 Å². The fraction of sp³-hybridized carbons (Fsp3) is 0.400. The molecule has 0 spiro atoms. The number of aryl methyl sites for hydroxylation is 1. The number of fused-ring (bicyclic) bond motifs is 1. The molecule has 1 aliphatic carbocycles. The minimum absolute atomic E-state index is 0.264. The van der Waals surface area contributed by atoms with Crippen molar-refractivity contribution in [2.75, 3.05) is 5.32 Å². The number of benzene rings is 2. The van der Waals surface area contributed by atoms with Gasteiger partial charge in [0.25, 0.3) is 0 Å². The normalized spacial score (nSPS) is 19.9. The molecular weight excluding hydrogens is 431 g/mol. The largest absolute Gasteiger partial charge is 0.481 e. The third kappa shape index (κ3) is 5.10. The number of rotatable bonds is 5. The molecule has 5 nitrogen and oxygen atoms in total. The van der Waals surface area contributed by atoms with Gasteiger partial charge in [-0.3, -0.25) is 4.79 Å². The van der Waals surface area contributed by atoms with Gasteiger partial charge in [-0.1, -0.05) is 18.2 Å². The number of aromatic nitrogens is 2. The smallest absolute Gasteiger partial charge is 0.416 e. The fourth-order valence-electron chi connectivity index (χ4n) is 4.57. The summed E-state index contributed by atoms with van der Waals surface area (Å²) in [5.41, 5.74) is 1.69. The summed E-state index contributed by atoms with van der Waals surface area (Å²) in [5.74, 6) is 0.392. The molecule has 1 aromatic heterocycles. The van der Waals surface area contributed by atoms with E-state index in [1.807, 2.05) is 18.2 Å². The zero-order valence-electron chi connectivity index (χ0n) is 18.5. The Balaban J connectivity index is 1.62. The first-order valence-corrected chi connectivity index (χ1v) is 11.1. The average molecular weight is 457 g/mol. The number of nitrogens with zero attached hydrogens (tertiary/aromatic N) is 2. The van der Waals surface area contributed by atoms with E-state index in [0.717, 1.165) is 41.4 Å². The Morgan fingerprint density at radius 2 is 1.82 bits per heavy atom. The predicted molar refractivity (Wildman–Crippen MR) is 120 cm³/mol. The summed E-state index contributed by atoms with van der Waals surface area (Å²) in [5, 5.41) is 13.3. The van der Waals surface area contributed by atoms with Crippen LogP contribution in [-0.4, -0.2) is 21.0 Å². The van der Waals surface area contributed by atoms with E-state index in [4.69, 9.17) is 0 Å². The number of carboxylic acid groups (broad SMARTS) is 1. The quantitative estimate of drug-likeness (QED) is 0.458. The predicted octanol–water partition coefficient (Wildman–Crippen LogP) is 6.49. The second-order valence-corrected chi connectivity index (χ2v) is 8.77. The van der Waals surface area contributed by atoms with Gasteiger partial charge in [0.2, 0.25) is 0 Å². The van der Waals surface area contributed by atoms with Crippen molar-refractivity contribution < 1.29 is 23.1 Å². The van der Waals surface area contributed by atoms with E-state index in [1.54, 1.807) is 19.9 Å². The molecule has 33 heavy (non-hydrogen) atoms. The standard InChI is InChI=1S/C25H26F3N3O2/c1-14(18-4-3-5-20(12-18)25(26,27)28)29-23-21-13-19(10-11-22(21)30-15(2)31-23)16-6-8-17(9-7-16)24(32)33/h3-5,10-14,16-17H,6-9H2,1-2H3,(H,32,33)(H,29,30,31)/t14-,16-,17-/m1/s1. The molecule has 1 heterocycles. The summed E-state index contributed by atoms with van der Waals surface area (Å²) in [6.45, 7) is 3.58. The molecule has 8 heteroatoms. The number of anilines is 1. The number of alkyl halides is 3. The van der Waals surface area contributed by atoms with Gasteiger partial charge in [-0.05, 0) is 80.8 Å². The van der Waals surface area contributed by atoms with Gasteiger partial charge in [-0.25, -0.2) is 9.97 Å². The van der Waals surface area contributed by atoms with Crippen molar-refractivity contribution in [2.24, 2.45) is 5.92 Å². The molecule has 1 atom stereocenters. The Morgan fingerprint density at radius 3 is 2.48 bits per heavy atom. The van der Waals surface area contributed by atoms with Gasteiger partial charge in [-0.15, -0.1) is 0 Å². The van der Waals surface area contributed by atoms with Gasteiger partial charge in [-0.2, -0.15) is 13.2 Å². The van der Waals surface area contributed by atoms with Crippen LogP contribution in [0.2, 0.25) is 0 Å². The van der Waals surface area contributed by atoms with Crippen LogP contribution in [0, 0.1) is 12.8 Å².